The lowest BCUT2D eigenvalue weighted by molar-refractivity contribution is -0.383. The third kappa shape index (κ3) is 2.52. The van der Waals surface area contributed by atoms with Crippen molar-refractivity contribution in [3.63, 3.8) is 0 Å². The maximum Gasteiger partial charge on any atom is 0.293 e. The Morgan fingerprint density at radius 2 is 2.11 bits per heavy atom. The zero-order chi connectivity index (χ0) is 19.3. The van der Waals surface area contributed by atoms with Gasteiger partial charge in [-0.3, -0.25) is 15.0 Å². The van der Waals surface area contributed by atoms with Gasteiger partial charge >= 0.3 is 0 Å². The van der Waals surface area contributed by atoms with Crippen LogP contribution in [0.2, 0.25) is 0 Å². The number of aromatic nitrogens is 2. The number of hydrogen-bond donors (Lipinski definition) is 1. The number of ether oxygens (including phenoxy) is 1. The molecule has 0 saturated heterocycles. The van der Waals surface area contributed by atoms with Gasteiger partial charge in [-0.2, -0.15) is 5.10 Å². The number of hydrogen-bond acceptors (Lipinski definition) is 6. The lowest BCUT2D eigenvalue weighted by atomic mass is 9.99. The summed E-state index contributed by atoms with van der Waals surface area (Å²) in [7, 11) is 5.62. The Morgan fingerprint density at radius 3 is 2.74 bits per heavy atom. The van der Waals surface area contributed by atoms with Crippen LogP contribution in [0.4, 0.5) is 17.1 Å². The fourth-order valence-corrected chi connectivity index (χ4v) is 3.76. The normalized spacial score (nSPS) is 13.4. The molecule has 2 heterocycles. The zero-order valence-electron chi connectivity index (χ0n) is 15.7. The molecule has 8 nitrogen and oxygen atoms in total. The van der Waals surface area contributed by atoms with Crippen LogP contribution in [0, 0.1) is 10.1 Å². The van der Waals surface area contributed by atoms with Crippen LogP contribution < -0.4 is 10.1 Å². The van der Waals surface area contributed by atoms with Crippen LogP contribution in [0.3, 0.4) is 0 Å². The zero-order valence-corrected chi connectivity index (χ0v) is 15.7. The van der Waals surface area contributed by atoms with E-state index in [4.69, 9.17) is 9.84 Å². The van der Waals surface area contributed by atoms with E-state index in [2.05, 4.69) is 17.1 Å². The summed E-state index contributed by atoms with van der Waals surface area (Å²) < 4.78 is 7.31. The lowest BCUT2D eigenvalue weighted by Crippen LogP contribution is -2.25. The molecule has 2 aromatic carbocycles. The molecular weight excluding hydrogens is 346 g/mol. The third-order valence-electron chi connectivity index (χ3n) is 5.03. The van der Waals surface area contributed by atoms with Crippen molar-refractivity contribution in [3.05, 3.63) is 40.4 Å². The molecule has 4 rings (SSSR count). The van der Waals surface area contributed by atoms with Crippen molar-refractivity contribution in [2.24, 2.45) is 0 Å². The molecule has 0 radical (unpaired) electrons. The fourth-order valence-electron chi connectivity index (χ4n) is 3.76. The predicted molar refractivity (Wildman–Crippen MR) is 105 cm³/mol. The first kappa shape index (κ1) is 17.3. The summed E-state index contributed by atoms with van der Waals surface area (Å²) in [6.45, 7) is 2.10. The standard InChI is InChI=1S/C19H21N5O3/c1-5-16(22(2)3)23-14-8-9-15(24(25)26)19-17(14)18(21-23)12-10-11(27-4)6-7-13(12)20-19/h6-10,16,20H,5H2,1-4H3. The average Bonchev–Trinajstić information content (AvgIpc) is 3.02. The van der Waals surface area contributed by atoms with E-state index in [0.29, 0.717) is 11.4 Å². The highest BCUT2D eigenvalue weighted by molar-refractivity contribution is 6.12. The van der Waals surface area contributed by atoms with Gasteiger partial charge in [-0.05, 0) is 44.8 Å². The smallest absolute Gasteiger partial charge is 0.293 e. The molecule has 1 atom stereocenters. The molecule has 0 fully saturated rings. The average molecular weight is 367 g/mol. The summed E-state index contributed by atoms with van der Waals surface area (Å²) in [5, 5.41) is 20.5. The van der Waals surface area contributed by atoms with Crippen LogP contribution in [0.15, 0.2) is 30.3 Å². The largest absolute Gasteiger partial charge is 0.497 e. The van der Waals surface area contributed by atoms with Gasteiger partial charge in [0.05, 0.1) is 22.9 Å². The molecule has 3 aromatic rings. The second-order valence-corrected chi connectivity index (χ2v) is 6.79. The molecule has 140 valence electrons. The van der Waals surface area contributed by atoms with E-state index in [1.807, 2.05) is 37.0 Å². The number of rotatable bonds is 5. The van der Waals surface area contributed by atoms with E-state index in [-0.39, 0.29) is 16.8 Å². The highest BCUT2D eigenvalue weighted by atomic mass is 16.6. The Bertz CT molecular complexity index is 1060. The van der Waals surface area contributed by atoms with E-state index in [9.17, 15) is 10.1 Å². The predicted octanol–water partition coefficient (Wildman–Crippen LogP) is 4.15. The summed E-state index contributed by atoms with van der Waals surface area (Å²) in [5.41, 5.74) is 3.79. The van der Waals surface area contributed by atoms with Gasteiger partial charge in [0.15, 0.2) is 0 Å². The molecule has 0 amide bonds. The summed E-state index contributed by atoms with van der Waals surface area (Å²) in [5.74, 6) is 0.715. The number of fused-ring (bicyclic) bond motifs is 2. The van der Waals surface area contributed by atoms with Gasteiger partial charge in [-0.25, -0.2) is 4.68 Å². The first-order valence-electron chi connectivity index (χ1n) is 8.77. The Morgan fingerprint density at radius 1 is 1.33 bits per heavy atom. The monoisotopic (exact) mass is 367 g/mol. The van der Waals surface area contributed by atoms with Crippen LogP contribution in [0.1, 0.15) is 19.5 Å². The van der Waals surface area contributed by atoms with E-state index >= 15 is 0 Å². The number of nitrogens with zero attached hydrogens (tertiary/aromatic N) is 4. The van der Waals surface area contributed by atoms with Crippen molar-refractivity contribution in [2.45, 2.75) is 19.5 Å². The maximum absolute atomic E-state index is 11.6. The first-order chi connectivity index (χ1) is 13.0. The van der Waals surface area contributed by atoms with Crippen molar-refractivity contribution >= 4 is 28.0 Å². The topological polar surface area (TPSA) is 85.5 Å². The Labute approximate surface area is 156 Å². The molecular formula is C19H21N5O3. The van der Waals surface area contributed by atoms with Gasteiger partial charge in [0.25, 0.3) is 5.69 Å². The number of methoxy groups -OCH3 is 1. The van der Waals surface area contributed by atoms with Crippen LogP contribution >= 0.6 is 0 Å². The summed E-state index contributed by atoms with van der Waals surface area (Å²) in [6.07, 6.45) is 0.899. The quantitative estimate of drug-likeness (QED) is 0.421. The van der Waals surface area contributed by atoms with E-state index in [1.165, 1.54) is 0 Å². The van der Waals surface area contributed by atoms with Crippen molar-refractivity contribution < 1.29 is 9.66 Å². The van der Waals surface area contributed by atoms with Crippen LogP contribution in [0.25, 0.3) is 22.2 Å². The number of benzene rings is 2. The van der Waals surface area contributed by atoms with Gasteiger partial charge in [0.1, 0.15) is 23.3 Å². The van der Waals surface area contributed by atoms with Crippen molar-refractivity contribution in [1.82, 2.24) is 14.7 Å². The first-order valence-corrected chi connectivity index (χ1v) is 8.77. The summed E-state index contributed by atoms with van der Waals surface area (Å²) in [4.78, 5) is 13.3. The molecule has 1 aliphatic rings. The SMILES string of the molecule is CCC(N(C)C)n1nc2c3c(c([N+](=O)[O-])ccc31)Nc1ccc(OC)cc1-2. The Balaban J connectivity index is 2.08. The highest BCUT2D eigenvalue weighted by Gasteiger charge is 2.31. The molecule has 0 spiro atoms. The molecule has 0 aliphatic carbocycles. The van der Waals surface area contributed by atoms with Crippen molar-refractivity contribution in [1.29, 1.82) is 0 Å². The van der Waals surface area contributed by atoms with Crippen LogP contribution in [-0.2, 0) is 0 Å². The Hall–Kier alpha value is -3.13. The van der Waals surface area contributed by atoms with Crippen molar-refractivity contribution in [2.75, 3.05) is 26.5 Å². The Kier molecular flexibility index (Phi) is 4.00. The summed E-state index contributed by atoms with van der Waals surface area (Å²) >= 11 is 0. The minimum absolute atomic E-state index is 0.0441. The van der Waals surface area contributed by atoms with Gasteiger partial charge < -0.3 is 10.1 Å². The fraction of sp³-hybridized carbons (Fsp3) is 0.316. The van der Waals surface area contributed by atoms with Crippen molar-refractivity contribution in [3.8, 4) is 17.0 Å². The molecule has 1 aromatic heterocycles. The number of anilines is 2. The molecule has 1 unspecified atom stereocenters. The molecule has 0 bridgehead atoms. The van der Waals surface area contributed by atoms with E-state index in [0.717, 1.165) is 34.3 Å². The number of nitro groups is 1. The van der Waals surface area contributed by atoms with Gasteiger partial charge in [-0.1, -0.05) is 6.92 Å². The maximum atomic E-state index is 11.6. The van der Waals surface area contributed by atoms with E-state index in [1.54, 1.807) is 19.2 Å². The number of nitrogens with one attached hydrogen (secondary N) is 1. The summed E-state index contributed by atoms with van der Waals surface area (Å²) in [6, 6.07) is 8.93. The molecule has 8 heteroatoms. The second kappa shape index (κ2) is 6.24. The minimum atomic E-state index is -0.360. The van der Waals surface area contributed by atoms with Crippen LogP contribution in [0.5, 0.6) is 5.75 Å². The van der Waals surface area contributed by atoms with Gasteiger partial charge in [-0.15, -0.1) is 0 Å². The van der Waals surface area contributed by atoms with Gasteiger partial charge in [0, 0.05) is 17.3 Å². The molecule has 1 N–H and O–H groups in total. The van der Waals surface area contributed by atoms with Crippen LogP contribution in [-0.4, -0.2) is 40.8 Å². The highest BCUT2D eigenvalue weighted by Crippen LogP contribution is 2.48. The second-order valence-electron chi connectivity index (χ2n) is 6.79. The molecule has 0 saturated carbocycles. The minimum Gasteiger partial charge on any atom is -0.497 e. The lowest BCUT2D eigenvalue weighted by Gasteiger charge is -2.24. The molecule has 27 heavy (non-hydrogen) atoms. The van der Waals surface area contributed by atoms with Gasteiger partial charge in [0.2, 0.25) is 0 Å². The third-order valence-corrected chi connectivity index (χ3v) is 5.03. The number of nitro benzene ring substituents is 1. The molecule has 1 aliphatic heterocycles. The van der Waals surface area contributed by atoms with E-state index < -0.39 is 0 Å².